The highest BCUT2D eigenvalue weighted by atomic mass is 32.2. The Morgan fingerprint density at radius 1 is 1.12 bits per heavy atom. The first-order valence-corrected chi connectivity index (χ1v) is 9.87. The predicted octanol–water partition coefficient (Wildman–Crippen LogP) is 4.05. The first-order chi connectivity index (χ1) is 11.5. The van der Waals surface area contributed by atoms with Crippen LogP contribution in [0.25, 0.3) is 0 Å². The number of benzene rings is 1. The summed E-state index contributed by atoms with van der Waals surface area (Å²) in [4.78, 5) is 0.310. The van der Waals surface area contributed by atoms with Crippen molar-refractivity contribution in [2.45, 2.75) is 50.8 Å². The van der Waals surface area contributed by atoms with Crippen LogP contribution in [-0.4, -0.2) is 25.8 Å². The Hall–Kier alpha value is -1.79. The van der Waals surface area contributed by atoms with E-state index in [0.717, 1.165) is 18.4 Å². The van der Waals surface area contributed by atoms with E-state index in [4.69, 9.17) is 0 Å². The van der Waals surface area contributed by atoms with E-state index in [0.29, 0.717) is 11.4 Å². The molecule has 0 amide bonds. The topological polar surface area (TPSA) is 37.4 Å². The van der Waals surface area contributed by atoms with Gasteiger partial charge in [-0.15, -0.1) is 11.7 Å². The van der Waals surface area contributed by atoms with Crippen LogP contribution in [-0.2, 0) is 10.0 Å². The highest BCUT2D eigenvalue weighted by molar-refractivity contribution is 7.89. The first-order valence-electron chi connectivity index (χ1n) is 8.43. The minimum atomic E-state index is -3.54. The normalized spacial score (nSPS) is 14.7. The average molecular weight is 343 g/mol. The molecule has 1 aromatic carbocycles. The van der Waals surface area contributed by atoms with E-state index in [-0.39, 0.29) is 6.54 Å². The van der Waals surface area contributed by atoms with Crippen LogP contribution in [0.2, 0.25) is 0 Å². The number of hydrogen-bond acceptors (Lipinski definition) is 2. The quantitative estimate of drug-likeness (QED) is 0.597. The first kappa shape index (κ1) is 18.5. The molecule has 4 heteroatoms. The predicted molar refractivity (Wildman–Crippen MR) is 98.1 cm³/mol. The van der Waals surface area contributed by atoms with Crippen LogP contribution in [0, 0.1) is 18.8 Å². The summed E-state index contributed by atoms with van der Waals surface area (Å²) in [6, 6.07) is 6.94. The van der Waals surface area contributed by atoms with Gasteiger partial charge in [-0.05, 0) is 63.3 Å². The average Bonchev–Trinajstić information content (AvgIpc) is 2.59. The van der Waals surface area contributed by atoms with Gasteiger partial charge in [-0.2, -0.15) is 4.31 Å². The van der Waals surface area contributed by atoms with Gasteiger partial charge in [-0.1, -0.05) is 30.0 Å². The third-order valence-electron chi connectivity index (χ3n) is 4.15. The van der Waals surface area contributed by atoms with Crippen molar-refractivity contribution in [1.29, 1.82) is 0 Å². The zero-order valence-corrected chi connectivity index (χ0v) is 15.3. The molecule has 0 radical (unpaired) electrons. The molecule has 0 atom stereocenters. The second kappa shape index (κ2) is 8.89. The maximum atomic E-state index is 12.8. The lowest BCUT2D eigenvalue weighted by molar-refractivity contribution is 0.478. The van der Waals surface area contributed by atoms with Crippen molar-refractivity contribution >= 4 is 10.0 Å². The van der Waals surface area contributed by atoms with Crippen LogP contribution in [0.3, 0.4) is 0 Å². The fourth-order valence-electron chi connectivity index (χ4n) is 2.69. The van der Waals surface area contributed by atoms with E-state index in [9.17, 15) is 8.42 Å². The lowest BCUT2D eigenvalue weighted by Crippen LogP contribution is -2.31. The van der Waals surface area contributed by atoms with Crippen LogP contribution in [0.4, 0.5) is 0 Å². The van der Waals surface area contributed by atoms with Gasteiger partial charge in [0, 0.05) is 6.54 Å². The summed E-state index contributed by atoms with van der Waals surface area (Å²) in [5, 5.41) is 0. The third kappa shape index (κ3) is 5.11. The second-order valence-corrected chi connectivity index (χ2v) is 7.99. The maximum Gasteiger partial charge on any atom is 0.244 e. The molecular weight excluding hydrogens is 318 g/mol. The molecule has 2 rings (SSSR count). The molecule has 1 aromatic rings. The SMILES string of the molecule is CC#CCN(CC=C=C1CCCCC1)S(=O)(=O)c1ccc(C)cc1. The number of rotatable bonds is 5. The smallest absolute Gasteiger partial charge is 0.207 e. The molecule has 0 unspecified atom stereocenters. The Balaban J connectivity index is 2.21. The van der Waals surface area contributed by atoms with Crippen molar-refractivity contribution in [3.8, 4) is 11.8 Å². The van der Waals surface area contributed by atoms with Crippen LogP contribution < -0.4 is 0 Å². The van der Waals surface area contributed by atoms with E-state index < -0.39 is 10.0 Å². The lowest BCUT2D eigenvalue weighted by Gasteiger charge is -2.18. The molecular formula is C20H25NO2S. The van der Waals surface area contributed by atoms with Crippen molar-refractivity contribution in [1.82, 2.24) is 4.31 Å². The number of aryl methyl sites for hydroxylation is 1. The summed E-state index contributed by atoms with van der Waals surface area (Å²) in [6.45, 7) is 4.15. The highest BCUT2D eigenvalue weighted by Gasteiger charge is 2.22. The van der Waals surface area contributed by atoms with Gasteiger partial charge >= 0.3 is 0 Å². The Morgan fingerprint density at radius 2 is 1.79 bits per heavy atom. The summed E-state index contributed by atoms with van der Waals surface area (Å²) in [5.74, 6) is 5.64. The molecule has 1 aliphatic rings. The van der Waals surface area contributed by atoms with Gasteiger partial charge in [-0.3, -0.25) is 0 Å². The second-order valence-electron chi connectivity index (χ2n) is 6.05. The van der Waals surface area contributed by atoms with Crippen LogP contribution in [0.5, 0.6) is 0 Å². The zero-order chi connectivity index (χ0) is 17.4. The van der Waals surface area contributed by atoms with Crippen LogP contribution in [0.1, 0.15) is 44.6 Å². The van der Waals surface area contributed by atoms with E-state index in [1.807, 2.05) is 25.1 Å². The van der Waals surface area contributed by atoms with Gasteiger partial charge < -0.3 is 0 Å². The molecule has 3 nitrogen and oxygen atoms in total. The summed E-state index contributed by atoms with van der Waals surface area (Å²) in [5.41, 5.74) is 5.64. The summed E-state index contributed by atoms with van der Waals surface area (Å²) in [7, 11) is -3.54. The Morgan fingerprint density at radius 3 is 2.42 bits per heavy atom. The van der Waals surface area contributed by atoms with Gasteiger partial charge in [0.1, 0.15) is 0 Å². The van der Waals surface area contributed by atoms with Crippen LogP contribution >= 0.6 is 0 Å². The standard InChI is InChI=1S/C20H25NO2S/c1-3-4-16-21(17-8-11-19-9-6-5-7-10-19)24(22,23)20-14-12-18(2)13-15-20/h8,12-15H,5-7,9-10,16-17H2,1-2H3. The number of nitrogens with zero attached hydrogens (tertiary/aromatic N) is 1. The number of hydrogen-bond donors (Lipinski definition) is 0. The molecule has 0 aliphatic heterocycles. The molecule has 24 heavy (non-hydrogen) atoms. The minimum absolute atomic E-state index is 0.195. The Labute approximate surface area is 146 Å². The maximum absolute atomic E-state index is 12.8. The Kier molecular flexibility index (Phi) is 6.87. The van der Waals surface area contributed by atoms with E-state index >= 15 is 0 Å². The molecule has 0 spiro atoms. The van der Waals surface area contributed by atoms with E-state index in [1.54, 1.807) is 19.1 Å². The Bertz CT molecular complexity index is 765. The van der Waals surface area contributed by atoms with Gasteiger partial charge in [0.25, 0.3) is 0 Å². The monoisotopic (exact) mass is 343 g/mol. The molecule has 1 saturated carbocycles. The highest BCUT2D eigenvalue weighted by Crippen LogP contribution is 2.21. The van der Waals surface area contributed by atoms with Crippen molar-refractivity contribution < 1.29 is 8.42 Å². The van der Waals surface area contributed by atoms with Gasteiger partial charge in [0.15, 0.2) is 0 Å². The third-order valence-corrected chi connectivity index (χ3v) is 5.98. The summed E-state index contributed by atoms with van der Waals surface area (Å²) < 4.78 is 27.1. The van der Waals surface area contributed by atoms with Gasteiger partial charge in [0.2, 0.25) is 10.0 Å². The molecule has 0 bridgehead atoms. The molecule has 0 aromatic heterocycles. The van der Waals surface area contributed by atoms with E-state index in [1.165, 1.54) is 29.1 Å². The molecule has 0 saturated heterocycles. The van der Waals surface area contributed by atoms with Crippen LogP contribution in [0.15, 0.2) is 46.5 Å². The van der Waals surface area contributed by atoms with Crippen molar-refractivity contribution in [3.05, 3.63) is 47.2 Å². The van der Waals surface area contributed by atoms with Gasteiger partial charge in [-0.25, -0.2) is 8.42 Å². The summed E-state index contributed by atoms with van der Waals surface area (Å²) in [6.07, 6.45) is 7.70. The molecule has 0 N–H and O–H groups in total. The van der Waals surface area contributed by atoms with Gasteiger partial charge in [0.05, 0.1) is 11.4 Å². The van der Waals surface area contributed by atoms with Crippen molar-refractivity contribution in [3.63, 3.8) is 0 Å². The zero-order valence-electron chi connectivity index (χ0n) is 14.5. The molecule has 1 aliphatic carbocycles. The van der Waals surface area contributed by atoms with Crippen molar-refractivity contribution in [2.24, 2.45) is 0 Å². The largest absolute Gasteiger partial charge is 0.244 e. The number of sulfonamides is 1. The minimum Gasteiger partial charge on any atom is -0.207 e. The van der Waals surface area contributed by atoms with E-state index in [2.05, 4.69) is 17.6 Å². The lowest BCUT2D eigenvalue weighted by atomic mass is 9.96. The molecule has 0 heterocycles. The van der Waals surface area contributed by atoms with Crippen molar-refractivity contribution in [2.75, 3.05) is 13.1 Å². The summed E-state index contributed by atoms with van der Waals surface area (Å²) >= 11 is 0. The fraction of sp³-hybridized carbons (Fsp3) is 0.450. The molecule has 1 fully saturated rings. The fourth-order valence-corrected chi connectivity index (χ4v) is 3.97. The molecule has 128 valence electrons.